The highest BCUT2D eigenvalue weighted by atomic mass is 35.5. The monoisotopic (exact) mass is 443 g/mol. The summed E-state index contributed by atoms with van der Waals surface area (Å²) in [5.74, 6) is 0.475. The number of carbonyl (C=O) groups excluding carboxylic acids is 2. The van der Waals surface area contributed by atoms with Gasteiger partial charge in [0.05, 0.1) is 12.3 Å². The average Bonchev–Trinajstić information content (AvgIpc) is 3.06. The molecule has 0 saturated heterocycles. The van der Waals surface area contributed by atoms with E-state index in [1.165, 1.54) is 11.8 Å². The molecule has 2 N–H and O–H groups in total. The lowest BCUT2D eigenvalue weighted by atomic mass is 10.1. The lowest BCUT2D eigenvalue weighted by Gasteiger charge is -2.09. The molecule has 7 nitrogen and oxygen atoms in total. The van der Waals surface area contributed by atoms with Crippen LogP contribution in [0, 0.1) is 13.8 Å². The van der Waals surface area contributed by atoms with Gasteiger partial charge in [-0.1, -0.05) is 41.6 Å². The van der Waals surface area contributed by atoms with Gasteiger partial charge < -0.3 is 15.2 Å². The van der Waals surface area contributed by atoms with E-state index in [0.29, 0.717) is 21.6 Å². The fourth-order valence-corrected chi connectivity index (χ4v) is 3.75. The highest BCUT2D eigenvalue weighted by Crippen LogP contribution is 2.21. The van der Waals surface area contributed by atoms with Crippen LogP contribution in [0.2, 0.25) is 5.02 Å². The molecule has 0 saturated carbocycles. The number of carbonyl (C=O) groups is 2. The molecule has 2 aromatic carbocycles. The summed E-state index contributed by atoms with van der Waals surface area (Å²) in [6, 6.07) is 12.7. The Kier molecular flexibility index (Phi) is 7.12. The lowest BCUT2D eigenvalue weighted by Crippen LogP contribution is -2.25. The maximum absolute atomic E-state index is 12.4. The van der Waals surface area contributed by atoms with Crippen LogP contribution >= 0.6 is 23.4 Å². The fraction of sp³-hybridized carbons (Fsp3) is 0.238. The van der Waals surface area contributed by atoms with Crippen molar-refractivity contribution >= 4 is 40.9 Å². The molecule has 0 bridgehead atoms. The molecule has 0 unspecified atom stereocenters. The summed E-state index contributed by atoms with van der Waals surface area (Å²) in [5, 5.41) is 15.2. The minimum Gasteiger partial charge on any atom is -0.345 e. The second-order valence-corrected chi connectivity index (χ2v) is 8.13. The Morgan fingerprint density at radius 2 is 1.87 bits per heavy atom. The fourth-order valence-electron chi connectivity index (χ4n) is 2.79. The molecular formula is C21H22ClN5O2S. The minimum atomic E-state index is -0.164. The molecule has 156 valence electrons. The van der Waals surface area contributed by atoms with E-state index in [2.05, 4.69) is 20.8 Å². The summed E-state index contributed by atoms with van der Waals surface area (Å²) in [5.41, 5.74) is 3.16. The molecule has 0 aliphatic carbocycles. The van der Waals surface area contributed by atoms with Crippen LogP contribution in [-0.4, -0.2) is 32.3 Å². The number of nitrogens with zero attached hydrogens (tertiary/aromatic N) is 3. The predicted molar refractivity (Wildman–Crippen MR) is 119 cm³/mol. The van der Waals surface area contributed by atoms with Crippen LogP contribution in [0.15, 0.2) is 47.6 Å². The summed E-state index contributed by atoms with van der Waals surface area (Å²) in [7, 11) is 1.80. The third-order valence-corrected chi connectivity index (χ3v) is 5.77. The van der Waals surface area contributed by atoms with Gasteiger partial charge in [0.2, 0.25) is 5.91 Å². The number of aryl methyl sites for hydroxylation is 2. The Labute approximate surface area is 184 Å². The summed E-state index contributed by atoms with van der Waals surface area (Å²) < 4.78 is 1.77. The van der Waals surface area contributed by atoms with E-state index in [-0.39, 0.29) is 24.1 Å². The topological polar surface area (TPSA) is 88.9 Å². The van der Waals surface area contributed by atoms with Gasteiger partial charge in [-0.2, -0.15) is 0 Å². The van der Waals surface area contributed by atoms with Crippen molar-refractivity contribution in [1.29, 1.82) is 0 Å². The summed E-state index contributed by atoms with van der Waals surface area (Å²) in [4.78, 5) is 24.6. The van der Waals surface area contributed by atoms with Crippen molar-refractivity contribution in [2.24, 2.45) is 7.05 Å². The third-order valence-electron chi connectivity index (χ3n) is 4.52. The van der Waals surface area contributed by atoms with Crippen LogP contribution in [0.5, 0.6) is 0 Å². The molecule has 0 aliphatic rings. The molecule has 0 fully saturated rings. The Morgan fingerprint density at radius 3 is 2.60 bits per heavy atom. The minimum absolute atomic E-state index is 0.150. The first-order valence-corrected chi connectivity index (χ1v) is 10.6. The molecule has 1 aromatic heterocycles. The molecule has 0 atom stereocenters. The van der Waals surface area contributed by atoms with Crippen molar-refractivity contribution in [2.75, 3.05) is 11.1 Å². The van der Waals surface area contributed by atoms with Gasteiger partial charge in [-0.15, -0.1) is 10.2 Å². The van der Waals surface area contributed by atoms with Crippen LogP contribution in [0.25, 0.3) is 0 Å². The van der Waals surface area contributed by atoms with Crippen molar-refractivity contribution in [2.45, 2.75) is 25.5 Å². The Hall–Kier alpha value is -2.84. The smallest absolute Gasteiger partial charge is 0.251 e. The van der Waals surface area contributed by atoms with Crippen molar-refractivity contribution in [3.05, 3.63) is 70.0 Å². The average molecular weight is 444 g/mol. The van der Waals surface area contributed by atoms with E-state index in [1.54, 1.807) is 35.9 Å². The van der Waals surface area contributed by atoms with Crippen molar-refractivity contribution in [3.63, 3.8) is 0 Å². The number of hydrogen-bond donors (Lipinski definition) is 2. The van der Waals surface area contributed by atoms with E-state index >= 15 is 0 Å². The van der Waals surface area contributed by atoms with Crippen LogP contribution in [0.4, 0.5) is 5.69 Å². The van der Waals surface area contributed by atoms with Gasteiger partial charge in [-0.3, -0.25) is 9.59 Å². The zero-order valence-corrected chi connectivity index (χ0v) is 18.5. The number of amides is 2. The maximum atomic E-state index is 12.4. The first-order chi connectivity index (χ1) is 14.3. The number of anilines is 1. The summed E-state index contributed by atoms with van der Waals surface area (Å²) in [6.45, 7) is 4.02. The Balaban J connectivity index is 1.54. The van der Waals surface area contributed by atoms with Gasteiger partial charge in [0, 0.05) is 23.3 Å². The number of thioether (sulfide) groups is 1. The highest BCUT2D eigenvalue weighted by molar-refractivity contribution is 7.99. The molecule has 1 heterocycles. The zero-order chi connectivity index (χ0) is 21.7. The van der Waals surface area contributed by atoms with Gasteiger partial charge in [0.1, 0.15) is 0 Å². The number of hydrogen-bond acceptors (Lipinski definition) is 5. The number of nitrogens with one attached hydrogen (secondary N) is 2. The Morgan fingerprint density at radius 1 is 1.10 bits per heavy atom. The molecule has 0 aliphatic heterocycles. The zero-order valence-electron chi connectivity index (χ0n) is 16.9. The number of halogens is 1. The summed E-state index contributed by atoms with van der Waals surface area (Å²) in [6.07, 6.45) is 0. The molecule has 0 radical (unpaired) electrons. The van der Waals surface area contributed by atoms with Crippen molar-refractivity contribution in [1.82, 2.24) is 20.1 Å². The van der Waals surface area contributed by atoms with E-state index in [0.717, 1.165) is 16.8 Å². The van der Waals surface area contributed by atoms with Gasteiger partial charge >= 0.3 is 0 Å². The number of rotatable bonds is 7. The first kappa shape index (κ1) is 21.9. The largest absolute Gasteiger partial charge is 0.345 e. The normalized spacial score (nSPS) is 10.7. The number of aromatic nitrogens is 3. The van der Waals surface area contributed by atoms with E-state index < -0.39 is 0 Å². The van der Waals surface area contributed by atoms with E-state index in [9.17, 15) is 9.59 Å². The SMILES string of the molecule is Cc1cc(Cl)ccc1NC(=O)CSc1nnc(CNC(=O)c2ccccc2C)n1C. The molecule has 9 heteroatoms. The van der Waals surface area contributed by atoms with Crippen LogP contribution < -0.4 is 10.6 Å². The van der Waals surface area contributed by atoms with Crippen LogP contribution in [0.3, 0.4) is 0 Å². The van der Waals surface area contributed by atoms with Gasteiger partial charge in [-0.25, -0.2) is 0 Å². The van der Waals surface area contributed by atoms with Crippen LogP contribution in [0.1, 0.15) is 27.3 Å². The van der Waals surface area contributed by atoms with E-state index in [1.807, 2.05) is 32.0 Å². The second kappa shape index (κ2) is 9.77. The predicted octanol–water partition coefficient (Wildman–Crippen LogP) is 3.75. The van der Waals surface area contributed by atoms with E-state index in [4.69, 9.17) is 11.6 Å². The molecule has 3 aromatic rings. The van der Waals surface area contributed by atoms with Gasteiger partial charge in [0.15, 0.2) is 11.0 Å². The summed E-state index contributed by atoms with van der Waals surface area (Å²) >= 11 is 7.22. The lowest BCUT2D eigenvalue weighted by molar-refractivity contribution is -0.113. The van der Waals surface area contributed by atoms with Crippen molar-refractivity contribution < 1.29 is 9.59 Å². The Bertz CT molecular complexity index is 1080. The third kappa shape index (κ3) is 5.40. The molecular weight excluding hydrogens is 422 g/mol. The molecule has 30 heavy (non-hydrogen) atoms. The van der Waals surface area contributed by atoms with Crippen LogP contribution in [-0.2, 0) is 18.4 Å². The highest BCUT2D eigenvalue weighted by Gasteiger charge is 2.14. The van der Waals surface area contributed by atoms with Crippen molar-refractivity contribution in [3.8, 4) is 0 Å². The molecule has 3 rings (SSSR count). The van der Waals surface area contributed by atoms with Gasteiger partial charge in [-0.05, 0) is 49.2 Å². The molecule has 2 amide bonds. The standard InChI is InChI=1S/C21H22ClN5O2S/c1-13-6-4-5-7-16(13)20(29)23-11-18-25-26-21(27(18)3)30-12-19(28)24-17-9-8-15(22)10-14(17)2/h4-10H,11-12H2,1-3H3,(H,23,29)(H,24,28). The maximum Gasteiger partial charge on any atom is 0.251 e. The first-order valence-electron chi connectivity index (χ1n) is 9.26. The molecule has 0 spiro atoms. The second-order valence-electron chi connectivity index (χ2n) is 6.75. The number of benzene rings is 2. The van der Waals surface area contributed by atoms with Gasteiger partial charge in [0.25, 0.3) is 5.91 Å². The quantitative estimate of drug-likeness (QED) is 0.543.